The van der Waals surface area contributed by atoms with E-state index < -0.39 is 99.4 Å². The number of piperidine rings is 1. The molecule has 2 bridgehead atoms. The third-order valence-electron chi connectivity index (χ3n) is 22.6. The maximum Gasteiger partial charge on any atom is 0.426 e. The van der Waals surface area contributed by atoms with E-state index in [4.69, 9.17) is 19.9 Å². The van der Waals surface area contributed by atoms with E-state index in [1.807, 2.05) is 61.2 Å². The number of hydrazine groups is 1. The first-order valence-corrected chi connectivity index (χ1v) is 35.4. The Morgan fingerprint density at radius 1 is 0.842 bits per heavy atom. The lowest BCUT2D eigenvalue weighted by atomic mass is 9.47. The van der Waals surface area contributed by atoms with Crippen molar-refractivity contribution in [1.29, 1.82) is 0 Å². The summed E-state index contributed by atoms with van der Waals surface area (Å²) in [7, 11) is 6.41. The summed E-state index contributed by atoms with van der Waals surface area (Å²) in [4.78, 5) is 135. The van der Waals surface area contributed by atoms with Gasteiger partial charge in [0.2, 0.25) is 29.5 Å². The maximum atomic E-state index is 15.6. The van der Waals surface area contributed by atoms with Crippen LogP contribution in [0.3, 0.4) is 0 Å². The maximum absolute atomic E-state index is 15.6. The number of carbonyl (C=O) groups excluding carboxylic acids is 9. The van der Waals surface area contributed by atoms with Crippen LogP contribution in [0.1, 0.15) is 126 Å². The van der Waals surface area contributed by atoms with Crippen molar-refractivity contribution in [3.8, 4) is 5.75 Å². The molecule has 12 N–H and O–H groups in total. The summed E-state index contributed by atoms with van der Waals surface area (Å²) in [5, 5.41) is 50.7. The molecular weight excluding hydrogens is 1300 g/mol. The van der Waals surface area contributed by atoms with Crippen LogP contribution in [-0.2, 0) is 66.9 Å². The van der Waals surface area contributed by atoms with Crippen LogP contribution in [0.25, 0.3) is 10.9 Å². The van der Waals surface area contributed by atoms with Crippen molar-refractivity contribution in [3.63, 3.8) is 0 Å². The van der Waals surface area contributed by atoms with Gasteiger partial charge in [0.15, 0.2) is 5.60 Å². The lowest BCUT2D eigenvalue weighted by Crippen LogP contribution is -2.82. The Morgan fingerprint density at radius 3 is 2.28 bits per heavy atom. The number of nitrogens with zero attached hydrogens (tertiary/aromatic N) is 5. The van der Waals surface area contributed by atoms with Gasteiger partial charge in [0.25, 0.3) is 5.91 Å². The van der Waals surface area contributed by atoms with E-state index >= 15 is 9.59 Å². The number of aromatic amines is 1. The van der Waals surface area contributed by atoms with Gasteiger partial charge in [-0.15, -0.1) is 0 Å². The number of ether oxygens (including phenoxy) is 3. The number of urea groups is 1. The number of hydrogen-bond acceptors (Lipinski definition) is 19. The Bertz CT molecular complexity index is 3850. The lowest BCUT2D eigenvalue weighted by molar-refractivity contribution is -0.204. The summed E-state index contributed by atoms with van der Waals surface area (Å²) in [5.41, 5.74) is 7.58. The molecular formula is C73H99N13O15. The Kier molecular flexibility index (Phi) is 21.6. The Labute approximate surface area is 588 Å². The van der Waals surface area contributed by atoms with Crippen LogP contribution in [0.4, 0.5) is 21.0 Å². The van der Waals surface area contributed by atoms with Crippen molar-refractivity contribution in [2.45, 2.75) is 164 Å². The molecule has 6 aliphatic heterocycles. The van der Waals surface area contributed by atoms with Crippen LogP contribution < -0.4 is 47.5 Å². The predicted octanol–water partition coefficient (Wildman–Crippen LogP) is 3.08. The number of hydrogen-bond donors (Lipinski definition) is 11. The molecule has 1 aromatic heterocycles. The smallest absolute Gasteiger partial charge is 0.426 e. The fourth-order valence-electron chi connectivity index (χ4n) is 18.0. The SMILES string of the molecule is CC[C@]1(O)CC2CN(CCc3c([nH]c4ccccc34)[C@@](C(=O)OC)(c3cc4c(cc3OC)N(C)[C@H]3[C@@](O)(C(=O)NNC(=O)OCc5ccc(NC(=O)[C@H](CCCNC(N)=O)NC(=O)[C@@H](NC(=O)CCCCCN6C(=O)CN(C)CC6=O)C(C)C)cc5)[C@H](O)[C@]5(CC)C=CCN6CC[C@]43[C@@H]65)C2)C1. The van der Waals surface area contributed by atoms with Gasteiger partial charge in [0.05, 0.1) is 39.0 Å². The van der Waals surface area contributed by atoms with E-state index in [-0.39, 0.29) is 82.1 Å². The molecule has 1 spiro atoms. The van der Waals surface area contributed by atoms with Crippen LogP contribution in [-0.4, -0.2) is 222 Å². The van der Waals surface area contributed by atoms with Crippen molar-refractivity contribution in [1.82, 2.24) is 51.4 Å². The minimum Gasteiger partial charge on any atom is -0.496 e. The summed E-state index contributed by atoms with van der Waals surface area (Å²) in [6.07, 6.45) is 5.44. The number of H-pyrrole nitrogens is 1. The molecule has 7 aliphatic rings. The highest BCUT2D eigenvalue weighted by atomic mass is 16.6. The van der Waals surface area contributed by atoms with Crippen LogP contribution in [0.15, 0.2) is 72.8 Å². The lowest BCUT2D eigenvalue weighted by Gasteiger charge is -2.63. The molecule has 546 valence electrons. The topological polar surface area (TPSA) is 372 Å². The number of esters is 1. The van der Waals surface area contributed by atoms with Gasteiger partial charge in [-0.3, -0.25) is 58.6 Å². The Hall–Kier alpha value is -8.67. The molecule has 4 fully saturated rings. The first-order valence-electron chi connectivity index (χ1n) is 35.4. The molecule has 0 radical (unpaired) electrons. The minimum absolute atomic E-state index is 0.0692. The second kappa shape index (κ2) is 29.7. The molecule has 11 rings (SSSR count). The van der Waals surface area contributed by atoms with Gasteiger partial charge in [0.1, 0.15) is 36.0 Å². The summed E-state index contributed by atoms with van der Waals surface area (Å²) >= 11 is 0. The number of anilines is 2. The van der Waals surface area contributed by atoms with Crippen molar-refractivity contribution in [2.24, 2.45) is 23.0 Å². The van der Waals surface area contributed by atoms with Gasteiger partial charge in [-0.25, -0.2) is 15.0 Å². The fourth-order valence-corrected chi connectivity index (χ4v) is 18.0. The molecule has 3 saturated heterocycles. The Balaban J connectivity index is 0.790. The van der Waals surface area contributed by atoms with Crippen LogP contribution >= 0.6 is 0 Å². The number of primary amides is 1. The van der Waals surface area contributed by atoms with Crippen LogP contribution in [0.5, 0.6) is 5.75 Å². The van der Waals surface area contributed by atoms with Crippen molar-refractivity contribution >= 4 is 75.8 Å². The van der Waals surface area contributed by atoms with Gasteiger partial charge in [0, 0.05) is 109 Å². The number of nitrogens with one attached hydrogen (secondary N) is 7. The standard InChI is InChI=1S/C73H99N13O15/c1-9-69(97)36-45-37-72(66(94)100-8,59-48(26-32-84(38-45)42-69)47-18-13-14-19-51(47)77-59)50-34-49-53(35-54(50)99-7)83(6)63-71(49)28-33-85-30-17-27-70(10-2,62(71)85)64(92)73(63,98)65(93)80-81-68(96)101-41-44-22-24-46(25-23-44)76-60(90)52(20-16-29-75-67(74)95)78-61(91)58(43(3)4)79-55(87)21-12-11-15-31-86-56(88)39-82(5)40-57(86)89/h13-14,17-19,22-25,27,34-35,43,45,52,58,62-64,77,92,97-98H,9-12,15-16,20-21,26,28-33,36-42H2,1-8H3,(H,76,90)(H,78,91)(H,79,87)(H,80,93)(H,81,96)(H3,74,75,95)/t45?,52-,58-,62-,63+,64+,69-,70+,71+,72-,73-/m0/s1. The van der Waals surface area contributed by atoms with E-state index in [9.17, 15) is 48.9 Å². The second-order valence-corrected chi connectivity index (χ2v) is 29.2. The predicted molar refractivity (Wildman–Crippen MR) is 374 cm³/mol. The number of unbranched alkanes of at least 4 members (excludes halogenated alkanes) is 2. The normalized spacial score (nSPS) is 28.1. The summed E-state index contributed by atoms with van der Waals surface area (Å²) in [6, 6.07) is 13.6. The number of aromatic nitrogens is 1. The second-order valence-electron chi connectivity index (χ2n) is 29.2. The van der Waals surface area contributed by atoms with Gasteiger partial charge < -0.3 is 66.4 Å². The van der Waals surface area contributed by atoms with E-state index in [2.05, 4.69) is 53.0 Å². The molecule has 28 nitrogen and oxygen atoms in total. The summed E-state index contributed by atoms with van der Waals surface area (Å²) in [6.45, 7) is 10.6. The van der Waals surface area contributed by atoms with E-state index in [0.717, 1.165) is 22.0 Å². The van der Waals surface area contributed by atoms with Gasteiger partial charge in [-0.1, -0.05) is 76.6 Å². The molecule has 9 amide bonds. The number of methoxy groups -OCH3 is 2. The van der Waals surface area contributed by atoms with Crippen molar-refractivity contribution < 1.29 is 72.7 Å². The highest BCUT2D eigenvalue weighted by Gasteiger charge is 2.79. The number of aliphatic hydroxyl groups is 3. The summed E-state index contributed by atoms with van der Waals surface area (Å²) < 4.78 is 18.0. The third kappa shape index (κ3) is 13.7. The molecule has 28 heteroatoms. The van der Waals surface area contributed by atoms with Crippen LogP contribution in [0, 0.1) is 17.3 Å². The van der Waals surface area contributed by atoms with Gasteiger partial charge in [-0.2, -0.15) is 0 Å². The van der Waals surface area contributed by atoms with E-state index in [1.54, 1.807) is 64.2 Å². The first-order chi connectivity index (χ1) is 48.2. The number of rotatable bonds is 24. The number of nitrogens with two attached hydrogens (primary N) is 1. The average molecular weight is 1400 g/mol. The molecule has 101 heavy (non-hydrogen) atoms. The number of amides is 9. The first kappa shape index (κ1) is 73.5. The number of aliphatic hydroxyl groups excluding tert-OH is 1. The number of likely N-dealkylation sites (N-methyl/N-ethyl adjacent to an activating group) is 2. The number of piperazine rings is 1. The molecule has 2 unspecified atom stereocenters. The number of benzene rings is 3. The fraction of sp³-hybridized carbons (Fsp3) is 0.575. The van der Waals surface area contributed by atoms with Crippen molar-refractivity contribution in [2.75, 3.05) is 97.4 Å². The summed E-state index contributed by atoms with van der Waals surface area (Å²) in [5.74, 6) is -3.97. The highest BCUT2D eigenvalue weighted by molar-refractivity contribution is 6.00. The molecule has 1 saturated carbocycles. The molecule has 7 heterocycles. The largest absolute Gasteiger partial charge is 0.496 e. The molecule has 1 aliphatic carbocycles. The van der Waals surface area contributed by atoms with E-state index in [1.165, 1.54) is 12.0 Å². The zero-order valence-corrected chi connectivity index (χ0v) is 59.1. The third-order valence-corrected chi connectivity index (χ3v) is 22.6. The number of fused-ring (bicyclic) bond motifs is 6. The molecule has 12 atom stereocenters. The van der Waals surface area contributed by atoms with Crippen molar-refractivity contribution in [3.05, 3.63) is 101 Å². The van der Waals surface area contributed by atoms with Gasteiger partial charge in [-0.05, 0) is 131 Å². The average Bonchev–Trinajstić information content (AvgIpc) is 1.49. The van der Waals surface area contributed by atoms with Crippen LogP contribution in [0.2, 0.25) is 0 Å². The molecule has 3 aromatic carbocycles. The monoisotopic (exact) mass is 1400 g/mol. The minimum atomic E-state index is -2.65. The zero-order chi connectivity index (χ0) is 72.5. The quantitative estimate of drug-likeness (QED) is 0.0158. The number of para-hydroxylation sites is 1. The molecule has 4 aromatic rings. The Morgan fingerprint density at radius 2 is 1.58 bits per heavy atom. The van der Waals surface area contributed by atoms with E-state index in [0.29, 0.717) is 118 Å². The highest BCUT2D eigenvalue weighted by Crippen LogP contribution is 2.68. The zero-order valence-electron chi connectivity index (χ0n) is 59.1. The number of carbonyl (C=O) groups is 9. The van der Waals surface area contributed by atoms with Gasteiger partial charge >= 0.3 is 18.1 Å². The number of imide groups is 1.